The second kappa shape index (κ2) is 5.14. The third-order valence-corrected chi connectivity index (χ3v) is 2.65. The van der Waals surface area contributed by atoms with E-state index in [-0.39, 0.29) is 5.75 Å². The van der Waals surface area contributed by atoms with Crippen molar-refractivity contribution >= 4 is 0 Å². The number of rotatable bonds is 3. The molecular formula is C14H14FNO2. The van der Waals surface area contributed by atoms with Gasteiger partial charge >= 0.3 is 0 Å². The lowest BCUT2D eigenvalue weighted by molar-refractivity contribution is 0.194. The Balaban J connectivity index is 2.42. The zero-order valence-corrected chi connectivity index (χ0v) is 10.2. The summed E-state index contributed by atoms with van der Waals surface area (Å²) >= 11 is 0. The largest absolute Gasteiger partial charge is 0.494 e. The second-order valence-corrected chi connectivity index (χ2v) is 3.97. The summed E-state index contributed by atoms with van der Waals surface area (Å²) < 4.78 is 18.5. The van der Waals surface area contributed by atoms with Gasteiger partial charge in [-0.1, -0.05) is 6.07 Å². The summed E-state index contributed by atoms with van der Waals surface area (Å²) in [6.45, 7) is 1.64. The van der Waals surface area contributed by atoms with Gasteiger partial charge < -0.3 is 9.84 Å². The van der Waals surface area contributed by atoms with E-state index in [2.05, 4.69) is 4.98 Å². The van der Waals surface area contributed by atoms with E-state index in [9.17, 15) is 9.50 Å². The molecule has 0 bridgehead atoms. The number of hydrogen-bond acceptors (Lipinski definition) is 3. The highest BCUT2D eigenvalue weighted by molar-refractivity contribution is 5.60. The first-order valence-corrected chi connectivity index (χ1v) is 5.60. The molecule has 3 nitrogen and oxygen atoms in total. The average Bonchev–Trinajstić information content (AvgIpc) is 2.38. The minimum absolute atomic E-state index is 0.199. The van der Waals surface area contributed by atoms with E-state index >= 15 is 0 Å². The molecule has 1 aromatic carbocycles. The van der Waals surface area contributed by atoms with Crippen LogP contribution in [0, 0.1) is 5.82 Å². The van der Waals surface area contributed by atoms with Crippen molar-refractivity contribution < 1.29 is 14.2 Å². The molecule has 18 heavy (non-hydrogen) atoms. The number of ether oxygens (including phenoxy) is 1. The number of nitrogens with zero attached hydrogens (tertiary/aromatic N) is 1. The first-order chi connectivity index (χ1) is 8.61. The maximum Gasteiger partial charge on any atom is 0.165 e. The van der Waals surface area contributed by atoms with Crippen molar-refractivity contribution in [2.75, 3.05) is 7.11 Å². The van der Waals surface area contributed by atoms with Gasteiger partial charge in [0.05, 0.1) is 24.6 Å². The number of aromatic nitrogens is 1. The molecule has 1 aromatic heterocycles. The Morgan fingerprint density at radius 2 is 2.06 bits per heavy atom. The van der Waals surface area contributed by atoms with Gasteiger partial charge in [0.15, 0.2) is 11.6 Å². The third-order valence-electron chi connectivity index (χ3n) is 2.65. The Kier molecular flexibility index (Phi) is 3.58. The monoisotopic (exact) mass is 247 g/mol. The van der Waals surface area contributed by atoms with Crippen LogP contribution in [0.4, 0.5) is 4.39 Å². The van der Waals surface area contributed by atoms with Gasteiger partial charge in [0.1, 0.15) is 0 Å². The van der Waals surface area contributed by atoms with Crippen LogP contribution in [-0.4, -0.2) is 17.2 Å². The number of aliphatic hydroxyl groups is 1. The molecule has 1 unspecified atom stereocenters. The summed E-state index contributed by atoms with van der Waals surface area (Å²) in [4.78, 5) is 4.28. The fraction of sp³-hybridized carbons (Fsp3) is 0.214. The Morgan fingerprint density at radius 1 is 1.28 bits per heavy atom. The molecule has 2 aromatic rings. The smallest absolute Gasteiger partial charge is 0.165 e. The molecule has 0 spiro atoms. The molecule has 1 N–H and O–H groups in total. The van der Waals surface area contributed by atoms with Gasteiger partial charge in [0.25, 0.3) is 0 Å². The highest BCUT2D eigenvalue weighted by Gasteiger charge is 2.08. The molecule has 0 aliphatic heterocycles. The van der Waals surface area contributed by atoms with E-state index in [4.69, 9.17) is 4.74 Å². The van der Waals surface area contributed by atoms with Crippen molar-refractivity contribution in [3.05, 3.63) is 47.9 Å². The van der Waals surface area contributed by atoms with E-state index in [1.807, 2.05) is 0 Å². The minimum Gasteiger partial charge on any atom is -0.494 e. The maximum atomic E-state index is 13.6. The Bertz CT molecular complexity index is 555. The standard InChI is InChI=1S/C14H14FNO2/c1-9(17)12-4-3-5-13(16-12)10-6-7-14(18-2)11(15)8-10/h3-9,17H,1-2H3. The number of aliphatic hydroxyl groups excluding tert-OH is 1. The first-order valence-electron chi connectivity index (χ1n) is 5.60. The summed E-state index contributed by atoms with van der Waals surface area (Å²) in [6.07, 6.45) is -0.645. The van der Waals surface area contributed by atoms with Gasteiger partial charge in [-0.3, -0.25) is 4.98 Å². The molecule has 0 aliphatic rings. The molecule has 4 heteroatoms. The van der Waals surface area contributed by atoms with Crippen LogP contribution in [0.15, 0.2) is 36.4 Å². The van der Waals surface area contributed by atoms with Gasteiger partial charge in [-0.15, -0.1) is 0 Å². The van der Waals surface area contributed by atoms with Crippen molar-refractivity contribution in [1.29, 1.82) is 0 Å². The summed E-state index contributed by atoms with van der Waals surface area (Å²) in [5.41, 5.74) is 1.83. The van der Waals surface area contributed by atoms with Crippen molar-refractivity contribution in [2.45, 2.75) is 13.0 Å². The van der Waals surface area contributed by atoms with E-state index in [1.165, 1.54) is 13.2 Å². The zero-order chi connectivity index (χ0) is 13.1. The van der Waals surface area contributed by atoms with E-state index in [0.29, 0.717) is 17.0 Å². The predicted octanol–water partition coefficient (Wildman–Crippen LogP) is 2.95. The van der Waals surface area contributed by atoms with Crippen LogP contribution in [0.2, 0.25) is 0 Å². The number of halogens is 1. The molecule has 0 saturated carbocycles. The van der Waals surface area contributed by atoms with E-state index in [0.717, 1.165) is 0 Å². The highest BCUT2D eigenvalue weighted by Crippen LogP contribution is 2.25. The van der Waals surface area contributed by atoms with Crippen LogP contribution >= 0.6 is 0 Å². The molecule has 0 saturated heterocycles. The van der Waals surface area contributed by atoms with Crippen molar-refractivity contribution in [2.24, 2.45) is 0 Å². The number of pyridine rings is 1. The predicted molar refractivity (Wildman–Crippen MR) is 66.8 cm³/mol. The molecule has 2 rings (SSSR count). The van der Waals surface area contributed by atoms with Gasteiger partial charge in [-0.05, 0) is 37.3 Å². The van der Waals surface area contributed by atoms with Crippen molar-refractivity contribution in [3.8, 4) is 17.0 Å². The highest BCUT2D eigenvalue weighted by atomic mass is 19.1. The second-order valence-electron chi connectivity index (χ2n) is 3.97. The number of benzene rings is 1. The average molecular weight is 247 g/mol. The quantitative estimate of drug-likeness (QED) is 0.906. The summed E-state index contributed by atoms with van der Waals surface area (Å²) in [6, 6.07) is 9.94. The van der Waals surface area contributed by atoms with Crippen LogP contribution < -0.4 is 4.74 Å². The Labute approximate surface area is 105 Å². The van der Waals surface area contributed by atoms with Gasteiger partial charge in [-0.25, -0.2) is 4.39 Å². The summed E-state index contributed by atoms with van der Waals surface area (Å²) in [7, 11) is 1.42. The van der Waals surface area contributed by atoms with Crippen molar-refractivity contribution in [3.63, 3.8) is 0 Å². The fourth-order valence-electron chi connectivity index (χ4n) is 1.67. The van der Waals surface area contributed by atoms with E-state index in [1.54, 1.807) is 37.3 Å². The lowest BCUT2D eigenvalue weighted by Gasteiger charge is -2.08. The molecule has 94 valence electrons. The van der Waals surface area contributed by atoms with Crippen molar-refractivity contribution in [1.82, 2.24) is 4.98 Å². The topological polar surface area (TPSA) is 42.4 Å². The SMILES string of the molecule is COc1ccc(-c2cccc(C(C)O)n2)cc1F. The maximum absolute atomic E-state index is 13.6. The molecule has 1 atom stereocenters. The van der Waals surface area contributed by atoms with Gasteiger partial charge in [0, 0.05) is 5.56 Å². The molecule has 0 aliphatic carbocycles. The Hall–Kier alpha value is -1.94. The lowest BCUT2D eigenvalue weighted by Crippen LogP contribution is -1.97. The van der Waals surface area contributed by atoms with Gasteiger partial charge in [0.2, 0.25) is 0 Å². The lowest BCUT2D eigenvalue weighted by atomic mass is 10.1. The van der Waals surface area contributed by atoms with Crippen LogP contribution in [0.5, 0.6) is 5.75 Å². The normalized spacial score (nSPS) is 12.2. The number of methoxy groups -OCH3 is 1. The van der Waals surface area contributed by atoms with E-state index < -0.39 is 11.9 Å². The number of hydrogen-bond donors (Lipinski definition) is 1. The summed E-state index contributed by atoms with van der Waals surface area (Å²) in [5, 5.41) is 9.48. The fourth-order valence-corrected chi connectivity index (χ4v) is 1.67. The minimum atomic E-state index is -0.645. The molecule has 1 heterocycles. The van der Waals surface area contributed by atoms with Gasteiger partial charge in [-0.2, -0.15) is 0 Å². The molecule has 0 radical (unpaired) electrons. The molecular weight excluding hydrogens is 233 g/mol. The van der Waals surface area contributed by atoms with Crippen LogP contribution in [-0.2, 0) is 0 Å². The third kappa shape index (κ3) is 2.49. The molecule has 0 amide bonds. The Morgan fingerprint density at radius 3 is 2.67 bits per heavy atom. The summed E-state index contributed by atoms with van der Waals surface area (Å²) in [5.74, 6) is -0.232. The van der Waals surface area contributed by atoms with Crippen LogP contribution in [0.25, 0.3) is 11.3 Å². The van der Waals surface area contributed by atoms with Crippen LogP contribution in [0.1, 0.15) is 18.7 Å². The first kappa shape index (κ1) is 12.5. The molecule has 0 fully saturated rings. The zero-order valence-electron chi connectivity index (χ0n) is 10.2. The van der Waals surface area contributed by atoms with Crippen LogP contribution in [0.3, 0.4) is 0 Å².